The van der Waals surface area contributed by atoms with Gasteiger partial charge < -0.3 is 20.1 Å². The van der Waals surface area contributed by atoms with E-state index >= 15 is 0 Å². The number of nitrogens with one attached hydrogen (secondary N) is 2. The van der Waals surface area contributed by atoms with Crippen LogP contribution in [-0.4, -0.2) is 47.7 Å². The van der Waals surface area contributed by atoms with Crippen LogP contribution < -0.4 is 20.1 Å². The number of carbonyl (C=O) groups is 4. The van der Waals surface area contributed by atoms with Gasteiger partial charge in [-0.25, -0.2) is 0 Å². The first-order valence-electron chi connectivity index (χ1n) is 9.71. The molecule has 2 aliphatic heterocycles. The number of benzene rings is 2. The molecule has 10 heteroatoms. The van der Waals surface area contributed by atoms with Gasteiger partial charge in [0.1, 0.15) is 0 Å². The molecule has 32 heavy (non-hydrogen) atoms. The van der Waals surface area contributed by atoms with E-state index in [1.165, 1.54) is 6.92 Å². The van der Waals surface area contributed by atoms with Gasteiger partial charge in [0.2, 0.25) is 12.7 Å². The first kappa shape index (κ1) is 21.4. The van der Waals surface area contributed by atoms with E-state index in [1.54, 1.807) is 48.5 Å². The summed E-state index contributed by atoms with van der Waals surface area (Å²) >= 11 is 0.851. The highest BCUT2D eigenvalue weighted by molar-refractivity contribution is 8.18. The van der Waals surface area contributed by atoms with Gasteiger partial charge in [0.05, 0.1) is 4.91 Å². The van der Waals surface area contributed by atoms with Crippen molar-refractivity contribution in [2.75, 3.05) is 25.2 Å². The Labute approximate surface area is 187 Å². The van der Waals surface area contributed by atoms with Crippen LogP contribution in [0, 0.1) is 0 Å². The minimum atomic E-state index is -0.411. The second-order valence-electron chi connectivity index (χ2n) is 6.96. The molecule has 2 aromatic rings. The van der Waals surface area contributed by atoms with Gasteiger partial charge >= 0.3 is 0 Å². The van der Waals surface area contributed by atoms with Crippen LogP contribution >= 0.6 is 11.8 Å². The smallest absolute Gasteiger partial charge is 0.293 e. The molecule has 0 atom stereocenters. The number of carbonyl (C=O) groups excluding carboxylic acids is 4. The second kappa shape index (κ2) is 9.15. The largest absolute Gasteiger partial charge is 0.454 e. The van der Waals surface area contributed by atoms with E-state index in [-0.39, 0.29) is 31.7 Å². The van der Waals surface area contributed by atoms with Crippen molar-refractivity contribution in [1.29, 1.82) is 0 Å². The first-order chi connectivity index (χ1) is 15.4. The van der Waals surface area contributed by atoms with Gasteiger partial charge in [-0.3, -0.25) is 24.1 Å². The molecule has 4 rings (SSSR count). The molecule has 9 nitrogen and oxygen atoms in total. The SMILES string of the molecule is CC(=O)Nc1ccc(C(=O)NCCN2C(=O)S/C(=C\c3ccc4c(c3)OCO4)C2=O)cc1. The summed E-state index contributed by atoms with van der Waals surface area (Å²) in [6.45, 7) is 1.72. The molecule has 2 aliphatic rings. The molecule has 0 bridgehead atoms. The standard InChI is InChI=1S/C22H19N3O6S/c1-13(26)24-16-5-3-15(4-6-16)20(27)23-8-9-25-21(28)19(32-22(25)29)11-14-2-7-17-18(10-14)31-12-30-17/h2-7,10-11H,8-9,12H2,1H3,(H,23,27)(H,24,26)/b19-11-. The zero-order valence-corrected chi connectivity index (χ0v) is 17.9. The Morgan fingerprint density at radius 2 is 1.84 bits per heavy atom. The van der Waals surface area contributed by atoms with E-state index in [9.17, 15) is 19.2 Å². The third-order valence-electron chi connectivity index (χ3n) is 4.66. The molecule has 0 aromatic heterocycles. The Morgan fingerprint density at radius 3 is 2.59 bits per heavy atom. The lowest BCUT2D eigenvalue weighted by molar-refractivity contribution is -0.122. The Bertz CT molecular complexity index is 1130. The van der Waals surface area contributed by atoms with Crippen LogP contribution in [0.15, 0.2) is 47.4 Å². The van der Waals surface area contributed by atoms with Gasteiger partial charge in [-0.1, -0.05) is 6.07 Å². The summed E-state index contributed by atoms with van der Waals surface area (Å²) in [5.74, 6) is 0.266. The number of anilines is 1. The molecule has 0 aliphatic carbocycles. The molecule has 2 heterocycles. The second-order valence-corrected chi connectivity index (χ2v) is 7.95. The van der Waals surface area contributed by atoms with Crippen molar-refractivity contribution in [2.45, 2.75) is 6.92 Å². The fourth-order valence-corrected chi connectivity index (χ4v) is 4.00. The number of hydrogen-bond donors (Lipinski definition) is 2. The van der Waals surface area contributed by atoms with E-state index in [0.29, 0.717) is 27.7 Å². The molecular weight excluding hydrogens is 434 g/mol. The van der Waals surface area contributed by atoms with E-state index < -0.39 is 11.1 Å². The number of fused-ring (bicyclic) bond motifs is 1. The fraction of sp³-hybridized carbons (Fsp3) is 0.182. The minimum absolute atomic E-state index is 0.0544. The van der Waals surface area contributed by atoms with Crippen molar-refractivity contribution < 1.29 is 28.7 Å². The van der Waals surface area contributed by atoms with Crippen molar-refractivity contribution in [2.24, 2.45) is 0 Å². The minimum Gasteiger partial charge on any atom is -0.454 e. The van der Waals surface area contributed by atoms with Gasteiger partial charge in [-0.05, 0) is 59.8 Å². The number of imide groups is 1. The molecule has 2 aromatic carbocycles. The van der Waals surface area contributed by atoms with E-state index in [2.05, 4.69) is 10.6 Å². The fourth-order valence-electron chi connectivity index (χ4n) is 3.14. The molecule has 2 N–H and O–H groups in total. The van der Waals surface area contributed by atoms with Crippen molar-refractivity contribution >= 4 is 46.5 Å². The lowest BCUT2D eigenvalue weighted by atomic mass is 10.2. The zero-order valence-electron chi connectivity index (χ0n) is 17.0. The van der Waals surface area contributed by atoms with Gasteiger partial charge in [0, 0.05) is 31.3 Å². The van der Waals surface area contributed by atoms with Crippen LogP contribution in [0.1, 0.15) is 22.8 Å². The zero-order chi connectivity index (χ0) is 22.7. The van der Waals surface area contributed by atoms with Crippen molar-refractivity contribution in [3.05, 3.63) is 58.5 Å². The number of hydrogen-bond acceptors (Lipinski definition) is 7. The highest BCUT2D eigenvalue weighted by Crippen LogP contribution is 2.36. The molecule has 164 valence electrons. The van der Waals surface area contributed by atoms with Gasteiger partial charge in [0.25, 0.3) is 17.1 Å². The average Bonchev–Trinajstić information content (AvgIpc) is 3.33. The molecule has 0 spiro atoms. The maximum absolute atomic E-state index is 12.6. The number of nitrogens with zero attached hydrogens (tertiary/aromatic N) is 1. The van der Waals surface area contributed by atoms with Crippen LogP contribution in [0.25, 0.3) is 6.08 Å². The Hall–Kier alpha value is -3.79. The van der Waals surface area contributed by atoms with Gasteiger partial charge in [-0.2, -0.15) is 0 Å². The molecule has 0 saturated carbocycles. The van der Waals surface area contributed by atoms with E-state index in [1.807, 2.05) is 0 Å². The maximum atomic E-state index is 12.6. The summed E-state index contributed by atoms with van der Waals surface area (Å²) in [6, 6.07) is 11.7. The third kappa shape index (κ3) is 4.75. The van der Waals surface area contributed by atoms with E-state index in [4.69, 9.17) is 9.47 Å². The number of amides is 4. The molecule has 1 saturated heterocycles. The van der Waals surface area contributed by atoms with Crippen LogP contribution in [0.2, 0.25) is 0 Å². The Balaban J connectivity index is 1.33. The number of ether oxygens (including phenoxy) is 2. The van der Waals surface area contributed by atoms with Crippen molar-refractivity contribution in [1.82, 2.24) is 10.2 Å². The summed E-state index contributed by atoms with van der Waals surface area (Å²) in [4.78, 5) is 49.7. The summed E-state index contributed by atoms with van der Waals surface area (Å²) in [5, 5.41) is 4.92. The lowest BCUT2D eigenvalue weighted by Gasteiger charge is -2.13. The molecule has 0 unspecified atom stereocenters. The molecule has 1 fully saturated rings. The van der Waals surface area contributed by atoms with Gasteiger partial charge in [-0.15, -0.1) is 0 Å². The Kier molecular flexibility index (Phi) is 6.13. The predicted molar refractivity (Wildman–Crippen MR) is 118 cm³/mol. The summed E-state index contributed by atoms with van der Waals surface area (Å²) in [5.41, 5.74) is 1.70. The van der Waals surface area contributed by atoms with Crippen LogP contribution in [0.4, 0.5) is 10.5 Å². The normalized spacial score (nSPS) is 15.9. The van der Waals surface area contributed by atoms with Gasteiger partial charge in [0.15, 0.2) is 11.5 Å². The highest BCUT2D eigenvalue weighted by atomic mass is 32.2. The quantitative estimate of drug-likeness (QED) is 0.647. The average molecular weight is 453 g/mol. The van der Waals surface area contributed by atoms with Crippen molar-refractivity contribution in [3.8, 4) is 11.5 Å². The maximum Gasteiger partial charge on any atom is 0.293 e. The first-order valence-corrected chi connectivity index (χ1v) is 10.5. The number of thioether (sulfide) groups is 1. The van der Waals surface area contributed by atoms with Crippen molar-refractivity contribution in [3.63, 3.8) is 0 Å². The van der Waals surface area contributed by atoms with Crippen LogP contribution in [0.5, 0.6) is 11.5 Å². The Morgan fingerprint density at radius 1 is 1.09 bits per heavy atom. The topological polar surface area (TPSA) is 114 Å². The lowest BCUT2D eigenvalue weighted by Crippen LogP contribution is -2.37. The van der Waals surface area contributed by atoms with Crippen LogP contribution in [0.3, 0.4) is 0 Å². The summed E-state index contributed by atoms with van der Waals surface area (Å²) in [7, 11) is 0. The third-order valence-corrected chi connectivity index (χ3v) is 5.56. The molecule has 4 amide bonds. The molecule has 0 radical (unpaired) electrons. The van der Waals surface area contributed by atoms with Crippen LogP contribution in [-0.2, 0) is 9.59 Å². The monoisotopic (exact) mass is 453 g/mol. The number of rotatable bonds is 6. The van der Waals surface area contributed by atoms with E-state index in [0.717, 1.165) is 22.2 Å². The highest BCUT2D eigenvalue weighted by Gasteiger charge is 2.34. The summed E-state index contributed by atoms with van der Waals surface area (Å²) < 4.78 is 10.6. The summed E-state index contributed by atoms with van der Waals surface area (Å²) in [6.07, 6.45) is 1.63. The molecular formula is C22H19N3O6S. The predicted octanol–water partition coefficient (Wildman–Crippen LogP) is 2.84.